The van der Waals surface area contributed by atoms with E-state index < -0.39 is 0 Å². The molecule has 26 heavy (non-hydrogen) atoms. The van der Waals surface area contributed by atoms with Gasteiger partial charge in [0.15, 0.2) is 0 Å². The molecule has 0 aliphatic carbocycles. The SMILES string of the molecule is C=C/C=C(\C=C/CBr)CN1Cc2ccnc(OCC3CCCO3)c2C1=O. The molecule has 1 aromatic heterocycles. The molecule has 0 spiro atoms. The van der Waals surface area contributed by atoms with E-state index in [0.717, 1.165) is 35.9 Å². The Morgan fingerprint density at radius 2 is 2.42 bits per heavy atom. The van der Waals surface area contributed by atoms with Crippen LogP contribution < -0.4 is 4.74 Å². The van der Waals surface area contributed by atoms with Crippen molar-refractivity contribution in [3.8, 4) is 5.88 Å². The summed E-state index contributed by atoms with van der Waals surface area (Å²) in [7, 11) is 0. The zero-order chi connectivity index (χ0) is 18.4. The minimum Gasteiger partial charge on any atom is -0.474 e. The summed E-state index contributed by atoms with van der Waals surface area (Å²) in [5.74, 6) is 0.369. The molecule has 0 radical (unpaired) electrons. The van der Waals surface area contributed by atoms with Gasteiger partial charge >= 0.3 is 0 Å². The zero-order valence-electron chi connectivity index (χ0n) is 14.7. The van der Waals surface area contributed by atoms with Gasteiger partial charge in [-0.05, 0) is 30.0 Å². The van der Waals surface area contributed by atoms with Gasteiger partial charge in [-0.3, -0.25) is 4.79 Å². The molecule has 3 rings (SSSR count). The number of carbonyl (C=O) groups excluding carboxylic acids is 1. The minimum absolute atomic E-state index is 0.0438. The van der Waals surface area contributed by atoms with Gasteiger partial charge in [0.05, 0.1) is 6.10 Å². The normalized spacial score (nSPS) is 20.0. The van der Waals surface area contributed by atoms with Gasteiger partial charge in [-0.25, -0.2) is 4.98 Å². The fourth-order valence-electron chi connectivity index (χ4n) is 3.19. The molecule has 0 N–H and O–H groups in total. The Balaban J connectivity index is 1.72. The summed E-state index contributed by atoms with van der Waals surface area (Å²) in [6, 6.07) is 1.89. The number of ether oxygens (including phenoxy) is 2. The van der Waals surface area contributed by atoms with E-state index >= 15 is 0 Å². The quantitative estimate of drug-likeness (QED) is 0.477. The van der Waals surface area contributed by atoms with Crippen LogP contribution in [-0.4, -0.2) is 47.0 Å². The number of halogens is 1. The van der Waals surface area contributed by atoms with Gasteiger partial charge in [-0.15, -0.1) is 0 Å². The highest BCUT2D eigenvalue weighted by molar-refractivity contribution is 9.09. The Bertz CT molecular complexity index is 724. The fraction of sp³-hybridized carbons (Fsp3) is 0.400. The van der Waals surface area contributed by atoms with E-state index in [1.807, 2.05) is 24.3 Å². The first-order valence-corrected chi connectivity index (χ1v) is 9.90. The third kappa shape index (κ3) is 4.43. The number of alkyl halides is 1. The molecule has 0 bridgehead atoms. The van der Waals surface area contributed by atoms with Crippen molar-refractivity contribution in [2.45, 2.75) is 25.5 Å². The number of carbonyl (C=O) groups is 1. The molecule has 6 heteroatoms. The van der Waals surface area contributed by atoms with Gasteiger partial charge in [-0.1, -0.05) is 46.8 Å². The summed E-state index contributed by atoms with van der Waals surface area (Å²) >= 11 is 3.38. The maximum atomic E-state index is 12.9. The molecule has 1 amide bonds. The van der Waals surface area contributed by atoms with Gasteiger partial charge < -0.3 is 14.4 Å². The molecule has 1 unspecified atom stereocenters. The molecular formula is C20H23BrN2O3. The first-order valence-electron chi connectivity index (χ1n) is 8.78. The Morgan fingerprint density at radius 1 is 1.54 bits per heavy atom. The van der Waals surface area contributed by atoms with Crippen LogP contribution in [0, 0.1) is 0 Å². The van der Waals surface area contributed by atoms with E-state index in [4.69, 9.17) is 9.47 Å². The largest absolute Gasteiger partial charge is 0.474 e. The van der Waals surface area contributed by atoms with Crippen LogP contribution in [0.4, 0.5) is 0 Å². The van der Waals surface area contributed by atoms with Crippen LogP contribution in [-0.2, 0) is 11.3 Å². The van der Waals surface area contributed by atoms with Crippen LogP contribution >= 0.6 is 15.9 Å². The van der Waals surface area contributed by atoms with E-state index in [1.165, 1.54) is 0 Å². The Kier molecular flexibility index (Phi) is 6.63. The van der Waals surface area contributed by atoms with E-state index in [1.54, 1.807) is 17.2 Å². The predicted molar refractivity (Wildman–Crippen MR) is 105 cm³/mol. The molecule has 3 heterocycles. The lowest BCUT2D eigenvalue weighted by atomic mass is 10.2. The maximum Gasteiger partial charge on any atom is 0.260 e. The van der Waals surface area contributed by atoms with Crippen LogP contribution in [0.3, 0.4) is 0 Å². The molecule has 1 aromatic rings. The van der Waals surface area contributed by atoms with Crippen molar-refractivity contribution in [1.82, 2.24) is 9.88 Å². The second-order valence-corrected chi connectivity index (χ2v) is 6.94. The molecule has 2 aliphatic heterocycles. The number of amides is 1. The second kappa shape index (κ2) is 9.14. The van der Waals surface area contributed by atoms with E-state index in [-0.39, 0.29) is 12.0 Å². The topological polar surface area (TPSA) is 51.7 Å². The van der Waals surface area contributed by atoms with Crippen molar-refractivity contribution in [3.05, 3.63) is 59.8 Å². The van der Waals surface area contributed by atoms with E-state index in [9.17, 15) is 4.79 Å². The van der Waals surface area contributed by atoms with E-state index in [2.05, 4.69) is 27.5 Å². The van der Waals surface area contributed by atoms with Crippen LogP contribution in [0.2, 0.25) is 0 Å². The number of aromatic nitrogens is 1. The van der Waals surface area contributed by atoms with Crippen molar-refractivity contribution in [2.24, 2.45) is 0 Å². The summed E-state index contributed by atoms with van der Waals surface area (Å²) in [5, 5.41) is 0.765. The first kappa shape index (κ1) is 18.9. The summed E-state index contributed by atoms with van der Waals surface area (Å²) in [5.41, 5.74) is 2.55. The number of allylic oxidation sites excluding steroid dienone is 3. The summed E-state index contributed by atoms with van der Waals surface area (Å²) in [4.78, 5) is 19.0. The Morgan fingerprint density at radius 3 is 3.15 bits per heavy atom. The number of rotatable bonds is 8. The first-order chi connectivity index (χ1) is 12.7. The molecule has 2 aliphatic rings. The lowest BCUT2D eigenvalue weighted by Crippen LogP contribution is -2.26. The Hall–Kier alpha value is -1.92. The molecular weight excluding hydrogens is 396 g/mol. The fourth-order valence-corrected chi connectivity index (χ4v) is 3.38. The van der Waals surface area contributed by atoms with Crippen LogP contribution in [0.25, 0.3) is 0 Å². The van der Waals surface area contributed by atoms with E-state index in [0.29, 0.717) is 31.1 Å². The third-order valence-electron chi connectivity index (χ3n) is 4.42. The summed E-state index contributed by atoms with van der Waals surface area (Å²) < 4.78 is 11.4. The average Bonchev–Trinajstić information content (AvgIpc) is 3.27. The van der Waals surface area contributed by atoms with Crippen molar-refractivity contribution < 1.29 is 14.3 Å². The minimum atomic E-state index is -0.0438. The number of fused-ring (bicyclic) bond motifs is 1. The van der Waals surface area contributed by atoms with Crippen molar-refractivity contribution in [3.63, 3.8) is 0 Å². The summed E-state index contributed by atoms with van der Waals surface area (Å²) in [6.45, 7) is 6.05. The highest BCUT2D eigenvalue weighted by Crippen LogP contribution is 2.30. The summed E-state index contributed by atoms with van der Waals surface area (Å²) in [6.07, 6.45) is 11.5. The smallest absolute Gasteiger partial charge is 0.260 e. The molecule has 1 atom stereocenters. The van der Waals surface area contributed by atoms with Gasteiger partial charge in [0.2, 0.25) is 5.88 Å². The number of hydrogen-bond acceptors (Lipinski definition) is 4. The average molecular weight is 419 g/mol. The van der Waals surface area contributed by atoms with Crippen LogP contribution in [0.15, 0.2) is 48.7 Å². The molecule has 0 saturated carbocycles. The highest BCUT2D eigenvalue weighted by Gasteiger charge is 2.32. The molecule has 138 valence electrons. The van der Waals surface area contributed by atoms with Crippen molar-refractivity contribution >= 4 is 21.8 Å². The lowest BCUT2D eigenvalue weighted by molar-refractivity contribution is 0.0646. The van der Waals surface area contributed by atoms with Crippen LogP contribution in [0.1, 0.15) is 28.8 Å². The lowest BCUT2D eigenvalue weighted by Gasteiger charge is -2.16. The standard InChI is InChI=1S/C20H23BrN2O3/c1-2-5-15(6-3-9-21)12-23-13-16-8-10-22-19(18(16)20(23)24)26-14-17-7-4-11-25-17/h2-3,5-6,8,10,17H,1,4,7,9,11-14H2/b6-3-,15-5+. The number of pyridine rings is 1. The highest BCUT2D eigenvalue weighted by atomic mass is 79.9. The monoisotopic (exact) mass is 418 g/mol. The molecule has 1 fully saturated rings. The third-order valence-corrected chi connectivity index (χ3v) is 4.79. The van der Waals surface area contributed by atoms with Gasteiger partial charge in [0, 0.05) is 31.2 Å². The molecule has 0 aromatic carbocycles. The molecule has 5 nitrogen and oxygen atoms in total. The maximum absolute atomic E-state index is 12.9. The number of hydrogen-bond donors (Lipinski definition) is 0. The number of nitrogens with zero attached hydrogens (tertiary/aromatic N) is 2. The van der Waals surface area contributed by atoms with Gasteiger partial charge in [0.1, 0.15) is 12.2 Å². The van der Waals surface area contributed by atoms with Crippen LogP contribution in [0.5, 0.6) is 5.88 Å². The van der Waals surface area contributed by atoms with Gasteiger partial charge in [-0.2, -0.15) is 0 Å². The van der Waals surface area contributed by atoms with Crippen molar-refractivity contribution in [1.29, 1.82) is 0 Å². The van der Waals surface area contributed by atoms with Gasteiger partial charge in [0.25, 0.3) is 5.91 Å². The second-order valence-electron chi connectivity index (χ2n) is 6.29. The predicted octanol–water partition coefficient (Wildman–Crippen LogP) is 3.66. The molecule has 1 saturated heterocycles. The Labute approximate surface area is 162 Å². The zero-order valence-corrected chi connectivity index (χ0v) is 16.3. The van der Waals surface area contributed by atoms with Crippen molar-refractivity contribution in [2.75, 3.05) is 25.1 Å².